The SMILES string of the molecule is CNCc1ccc(CSc2nc(C)co2)o1. The van der Waals surface area contributed by atoms with Crippen LogP contribution in [0.2, 0.25) is 0 Å². The minimum atomic E-state index is 0.684. The molecule has 0 spiro atoms. The maximum absolute atomic E-state index is 5.60. The molecule has 0 amide bonds. The van der Waals surface area contributed by atoms with Crippen molar-refractivity contribution < 1.29 is 8.83 Å². The van der Waals surface area contributed by atoms with Gasteiger partial charge in [0.15, 0.2) is 0 Å². The Hall–Kier alpha value is -1.20. The summed E-state index contributed by atoms with van der Waals surface area (Å²) < 4.78 is 10.8. The molecule has 0 aliphatic rings. The molecule has 2 aromatic heterocycles. The summed E-state index contributed by atoms with van der Waals surface area (Å²) in [6, 6.07) is 3.96. The summed E-state index contributed by atoms with van der Waals surface area (Å²) in [4.78, 5) is 4.21. The molecule has 16 heavy (non-hydrogen) atoms. The first kappa shape index (κ1) is 11.3. The van der Waals surface area contributed by atoms with Crippen molar-refractivity contribution in [3.8, 4) is 0 Å². The molecule has 2 rings (SSSR count). The van der Waals surface area contributed by atoms with E-state index in [4.69, 9.17) is 8.83 Å². The Morgan fingerprint density at radius 2 is 2.19 bits per heavy atom. The molecule has 2 heterocycles. The third-order valence-electron chi connectivity index (χ3n) is 2.00. The van der Waals surface area contributed by atoms with Gasteiger partial charge in [0.2, 0.25) is 0 Å². The lowest BCUT2D eigenvalue weighted by Gasteiger charge is -1.95. The molecule has 0 aliphatic heterocycles. The van der Waals surface area contributed by atoms with Crippen LogP contribution in [0.4, 0.5) is 0 Å². The number of hydrogen-bond donors (Lipinski definition) is 1. The standard InChI is InChI=1S/C11H14N2O2S/c1-8-6-14-11(13-8)16-7-10-4-3-9(15-10)5-12-2/h3-4,6,12H,5,7H2,1-2H3. The van der Waals surface area contributed by atoms with Crippen molar-refractivity contribution in [3.63, 3.8) is 0 Å². The molecule has 1 N–H and O–H groups in total. The molecular weight excluding hydrogens is 224 g/mol. The fraction of sp³-hybridized carbons (Fsp3) is 0.364. The van der Waals surface area contributed by atoms with Gasteiger partial charge in [0.25, 0.3) is 5.22 Å². The first-order valence-electron chi connectivity index (χ1n) is 5.05. The predicted octanol–water partition coefficient (Wildman–Crippen LogP) is 2.59. The summed E-state index contributed by atoms with van der Waals surface area (Å²) in [6.07, 6.45) is 1.65. The van der Waals surface area contributed by atoms with Crippen LogP contribution in [-0.4, -0.2) is 12.0 Å². The van der Waals surface area contributed by atoms with E-state index < -0.39 is 0 Å². The Balaban J connectivity index is 1.89. The van der Waals surface area contributed by atoms with Gasteiger partial charge in [-0.25, -0.2) is 4.98 Å². The van der Waals surface area contributed by atoms with Crippen LogP contribution < -0.4 is 5.32 Å². The number of aryl methyl sites for hydroxylation is 1. The van der Waals surface area contributed by atoms with Crippen LogP contribution in [0.25, 0.3) is 0 Å². The molecule has 5 heteroatoms. The third kappa shape index (κ3) is 2.90. The number of hydrogen-bond acceptors (Lipinski definition) is 5. The first-order valence-corrected chi connectivity index (χ1v) is 6.03. The number of oxazole rings is 1. The molecule has 0 unspecified atom stereocenters. The Bertz CT molecular complexity index is 450. The van der Waals surface area contributed by atoms with Gasteiger partial charge in [-0.3, -0.25) is 0 Å². The van der Waals surface area contributed by atoms with Gasteiger partial charge in [0.05, 0.1) is 18.0 Å². The van der Waals surface area contributed by atoms with Gasteiger partial charge in [0.1, 0.15) is 17.8 Å². The van der Waals surface area contributed by atoms with E-state index in [2.05, 4.69) is 10.3 Å². The lowest BCUT2D eigenvalue weighted by atomic mass is 10.4. The molecule has 86 valence electrons. The fourth-order valence-electron chi connectivity index (χ4n) is 1.30. The van der Waals surface area contributed by atoms with Crippen molar-refractivity contribution in [2.45, 2.75) is 24.4 Å². The Morgan fingerprint density at radius 1 is 1.38 bits per heavy atom. The number of nitrogens with zero attached hydrogens (tertiary/aromatic N) is 1. The van der Waals surface area contributed by atoms with Gasteiger partial charge in [-0.2, -0.15) is 0 Å². The summed E-state index contributed by atoms with van der Waals surface area (Å²) in [5, 5.41) is 3.73. The second kappa shape index (κ2) is 5.23. The summed E-state index contributed by atoms with van der Waals surface area (Å²) in [6.45, 7) is 2.66. The zero-order valence-electron chi connectivity index (χ0n) is 9.32. The van der Waals surface area contributed by atoms with Crippen LogP contribution in [-0.2, 0) is 12.3 Å². The normalized spacial score (nSPS) is 10.9. The average molecular weight is 238 g/mol. The summed E-state index contributed by atoms with van der Waals surface area (Å²) in [5.74, 6) is 2.62. The summed E-state index contributed by atoms with van der Waals surface area (Å²) in [7, 11) is 1.90. The van der Waals surface area contributed by atoms with E-state index in [1.807, 2.05) is 26.1 Å². The molecule has 0 fully saturated rings. The molecule has 4 nitrogen and oxygen atoms in total. The molecule has 0 aromatic carbocycles. The van der Waals surface area contributed by atoms with Gasteiger partial charge < -0.3 is 14.2 Å². The summed E-state index contributed by atoms with van der Waals surface area (Å²) in [5.41, 5.74) is 0.901. The lowest BCUT2D eigenvalue weighted by molar-refractivity contribution is 0.450. The number of furan rings is 1. The number of aromatic nitrogens is 1. The van der Waals surface area contributed by atoms with E-state index in [-0.39, 0.29) is 0 Å². The Morgan fingerprint density at radius 3 is 2.88 bits per heavy atom. The number of thioether (sulfide) groups is 1. The van der Waals surface area contributed by atoms with E-state index in [0.29, 0.717) is 5.22 Å². The number of nitrogens with one attached hydrogen (secondary N) is 1. The highest BCUT2D eigenvalue weighted by molar-refractivity contribution is 7.98. The van der Waals surface area contributed by atoms with Gasteiger partial charge >= 0.3 is 0 Å². The minimum Gasteiger partial charge on any atom is -0.464 e. The second-order valence-corrected chi connectivity index (χ2v) is 4.37. The first-order chi connectivity index (χ1) is 7.78. The van der Waals surface area contributed by atoms with Crippen LogP contribution in [0.3, 0.4) is 0 Å². The summed E-state index contributed by atoms with van der Waals surface area (Å²) >= 11 is 1.53. The second-order valence-electron chi connectivity index (χ2n) is 3.44. The molecule has 0 saturated carbocycles. The van der Waals surface area contributed by atoms with E-state index in [1.54, 1.807) is 6.26 Å². The van der Waals surface area contributed by atoms with E-state index in [1.165, 1.54) is 11.8 Å². The van der Waals surface area contributed by atoms with Crippen molar-refractivity contribution in [3.05, 3.63) is 35.6 Å². The van der Waals surface area contributed by atoms with E-state index >= 15 is 0 Å². The van der Waals surface area contributed by atoms with Gasteiger partial charge in [-0.15, -0.1) is 0 Å². The maximum atomic E-state index is 5.60. The number of rotatable bonds is 5. The minimum absolute atomic E-state index is 0.684. The van der Waals surface area contributed by atoms with Crippen molar-refractivity contribution in [1.29, 1.82) is 0 Å². The molecule has 2 aromatic rings. The highest BCUT2D eigenvalue weighted by Crippen LogP contribution is 2.22. The highest BCUT2D eigenvalue weighted by Gasteiger charge is 2.05. The molecule has 0 radical (unpaired) electrons. The van der Waals surface area contributed by atoms with Crippen LogP contribution in [0.5, 0.6) is 0 Å². The lowest BCUT2D eigenvalue weighted by Crippen LogP contribution is -2.03. The van der Waals surface area contributed by atoms with Crippen LogP contribution in [0.1, 0.15) is 17.2 Å². The fourth-order valence-corrected chi connectivity index (χ4v) is 2.05. The zero-order chi connectivity index (χ0) is 11.4. The van der Waals surface area contributed by atoms with Gasteiger partial charge in [-0.05, 0) is 26.1 Å². The Labute approximate surface area is 98.4 Å². The molecule has 0 bridgehead atoms. The van der Waals surface area contributed by atoms with Crippen LogP contribution in [0.15, 0.2) is 32.5 Å². The monoisotopic (exact) mass is 238 g/mol. The molecule has 0 saturated heterocycles. The Kier molecular flexibility index (Phi) is 3.69. The highest BCUT2D eigenvalue weighted by atomic mass is 32.2. The largest absolute Gasteiger partial charge is 0.464 e. The van der Waals surface area contributed by atoms with Gasteiger partial charge in [-0.1, -0.05) is 11.8 Å². The van der Waals surface area contributed by atoms with Crippen molar-refractivity contribution in [2.75, 3.05) is 7.05 Å². The predicted molar refractivity (Wildman–Crippen MR) is 62.3 cm³/mol. The molecular formula is C11H14N2O2S. The van der Waals surface area contributed by atoms with Gasteiger partial charge in [0, 0.05) is 0 Å². The van der Waals surface area contributed by atoms with Crippen molar-refractivity contribution in [2.24, 2.45) is 0 Å². The topological polar surface area (TPSA) is 51.2 Å². The van der Waals surface area contributed by atoms with Crippen LogP contribution in [0, 0.1) is 6.92 Å². The van der Waals surface area contributed by atoms with Crippen LogP contribution >= 0.6 is 11.8 Å². The quantitative estimate of drug-likeness (QED) is 0.811. The van der Waals surface area contributed by atoms with E-state index in [9.17, 15) is 0 Å². The smallest absolute Gasteiger partial charge is 0.256 e. The third-order valence-corrected chi connectivity index (χ3v) is 2.87. The molecule has 0 aliphatic carbocycles. The van der Waals surface area contributed by atoms with Crippen molar-refractivity contribution >= 4 is 11.8 Å². The van der Waals surface area contributed by atoms with Crippen molar-refractivity contribution in [1.82, 2.24) is 10.3 Å². The maximum Gasteiger partial charge on any atom is 0.256 e. The van der Waals surface area contributed by atoms with E-state index in [0.717, 1.165) is 29.5 Å². The molecule has 0 atom stereocenters. The average Bonchev–Trinajstić information content (AvgIpc) is 2.85. The zero-order valence-corrected chi connectivity index (χ0v) is 10.1.